The monoisotopic (exact) mass is 520 g/mol. The summed E-state index contributed by atoms with van der Waals surface area (Å²) < 4.78 is 7.22. The SMILES string of the molecule is C=CCOc1c(Br)cc(/C=C2/SC(=Nc3ccc(C)cc3C)NC2=O)cc1Br. The first-order valence-corrected chi connectivity index (χ1v) is 10.9. The summed E-state index contributed by atoms with van der Waals surface area (Å²) in [5.74, 6) is 0.537. The second kappa shape index (κ2) is 9.11. The van der Waals surface area contributed by atoms with Crippen molar-refractivity contribution >= 4 is 66.5 Å². The Morgan fingerprint density at radius 3 is 2.57 bits per heavy atom. The van der Waals surface area contributed by atoms with Crippen molar-refractivity contribution in [3.05, 3.63) is 73.5 Å². The van der Waals surface area contributed by atoms with E-state index < -0.39 is 0 Å². The van der Waals surface area contributed by atoms with Crippen molar-refractivity contribution in [1.82, 2.24) is 5.32 Å². The van der Waals surface area contributed by atoms with Gasteiger partial charge in [0.15, 0.2) is 5.17 Å². The first-order valence-electron chi connectivity index (χ1n) is 8.47. The summed E-state index contributed by atoms with van der Waals surface area (Å²) in [7, 11) is 0. The van der Waals surface area contributed by atoms with Crippen LogP contribution in [0.25, 0.3) is 6.08 Å². The van der Waals surface area contributed by atoms with Gasteiger partial charge in [-0.1, -0.05) is 30.4 Å². The minimum absolute atomic E-state index is 0.159. The summed E-state index contributed by atoms with van der Waals surface area (Å²) in [4.78, 5) is 17.5. The second-order valence-corrected chi connectivity index (χ2v) is 8.92. The van der Waals surface area contributed by atoms with E-state index in [1.165, 1.54) is 17.3 Å². The highest BCUT2D eigenvalue weighted by atomic mass is 79.9. The summed E-state index contributed by atoms with van der Waals surface area (Å²) in [6, 6.07) is 9.85. The molecule has 0 unspecified atom stereocenters. The Hall–Kier alpha value is -1.83. The summed E-state index contributed by atoms with van der Waals surface area (Å²) in [5, 5.41) is 3.41. The number of thioether (sulfide) groups is 1. The molecule has 0 aliphatic carbocycles. The molecular formula is C21H18Br2N2O2S. The van der Waals surface area contributed by atoms with Crippen molar-refractivity contribution in [3.63, 3.8) is 0 Å². The number of ether oxygens (including phenoxy) is 1. The van der Waals surface area contributed by atoms with Crippen LogP contribution in [0.2, 0.25) is 0 Å². The van der Waals surface area contributed by atoms with Crippen LogP contribution >= 0.6 is 43.6 Å². The van der Waals surface area contributed by atoms with Crippen LogP contribution in [-0.4, -0.2) is 17.7 Å². The predicted octanol–water partition coefficient (Wildman–Crippen LogP) is 6.28. The molecule has 1 aliphatic rings. The molecule has 0 aromatic heterocycles. The largest absolute Gasteiger partial charge is 0.487 e. The molecule has 1 heterocycles. The molecule has 1 N–H and O–H groups in total. The highest BCUT2D eigenvalue weighted by Crippen LogP contribution is 2.37. The lowest BCUT2D eigenvalue weighted by Gasteiger charge is -2.09. The van der Waals surface area contributed by atoms with E-state index in [1.54, 1.807) is 6.08 Å². The maximum Gasteiger partial charge on any atom is 0.264 e. The third-order valence-electron chi connectivity index (χ3n) is 3.89. The molecule has 7 heteroatoms. The third kappa shape index (κ3) is 4.96. The van der Waals surface area contributed by atoms with E-state index in [2.05, 4.69) is 54.8 Å². The maximum absolute atomic E-state index is 12.4. The number of aryl methyl sites for hydroxylation is 2. The Bertz CT molecular complexity index is 992. The molecule has 1 fully saturated rings. The first-order chi connectivity index (χ1) is 13.4. The fraction of sp³-hybridized carbons (Fsp3) is 0.143. The van der Waals surface area contributed by atoms with Crippen LogP contribution in [0.15, 0.2) is 61.8 Å². The van der Waals surface area contributed by atoms with Gasteiger partial charge in [0.1, 0.15) is 12.4 Å². The predicted molar refractivity (Wildman–Crippen MR) is 124 cm³/mol. The minimum atomic E-state index is -0.159. The van der Waals surface area contributed by atoms with Crippen molar-refractivity contribution in [3.8, 4) is 5.75 Å². The zero-order chi connectivity index (χ0) is 20.3. The second-order valence-electron chi connectivity index (χ2n) is 6.19. The molecule has 0 atom stereocenters. The first kappa shape index (κ1) is 20.9. The normalized spacial score (nSPS) is 16.5. The van der Waals surface area contributed by atoms with Gasteiger partial charge in [-0.15, -0.1) is 0 Å². The number of aliphatic imine (C=N–C) groups is 1. The Morgan fingerprint density at radius 1 is 1.21 bits per heavy atom. The van der Waals surface area contributed by atoms with Crippen molar-refractivity contribution in [1.29, 1.82) is 0 Å². The number of amidine groups is 1. The van der Waals surface area contributed by atoms with Crippen LogP contribution < -0.4 is 10.1 Å². The molecule has 0 saturated carbocycles. The van der Waals surface area contributed by atoms with Gasteiger partial charge < -0.3 is 10.1 Å². The fourth-order valence-electron chi connectivity index (χ4n) is 2.62. The summed E-state index contributed by atoms with van der Waals surface area (Å²) in [6.07, 6.45) is 3.52. The van der Waals surface area contributed by atoms with E-state index in [1.807, 2.05) is 44.2 Å². The van der Waals surface area contributed by atoms with Crippen molar-refractivity contribution in [2.45, 2.75) is 13.8 Å². The van der Waals surface area contributed by atoms with E-state index in [4.69, 9.17) is 4.74 Å². The van der Waals surface area contributed by atoms with Gasteiger partial charge in [-0.25, -0.2) is 4.99 Å². The van der Waals surface area contributed by atoms with Gasteiger partial charge in [0, 0.05) is 0 Å². The van der Waals surface area contributed by atoms with Crippen LogP contribution in [0.1, 0.15) is 16.7 Å². The number of benzene rings is 2. The molecule has 0 radical (unpaired) electrons. The van der Waals surface area contributed by atoms with E-state index in [0.29, 0.717) is 22.4 Å². The lowest BCUT2D eigenvalue weighted by molar-refractivity contribution is -0.115. The van der Waals surface area contributed by atoms with Crippen LogP contribution in [0.5, 0.6) is 5.75 Å². The number of nitrogens with one attached hydrogen (secondary N) is 1. The zero-order valence-corrected chi connectivity index (χ0v) is 19.4. The van der Waals surface area contributed by atoms with Gasteiger partial charge in [-0.3, -0.25) is 4.79 Å². The standard InChI is InChI=1S/C21H18Br2N2O2S/c1-4-7-27-19-15(22)9-14(10-16(19)23)11-18-20(26)25-21(28-18)24-17-6-5-12(2)8-13(17)3/h4-6,8-11H,1,7H2,2-3H3,(H,24,25,26)/b18-11+. The smallest absolute Gasteiger partial charge is 0.264 e. The number of amides is 1. The Kier molecular flexibility index (Phi) is 6.80. The molecule has 28 heavy (non-hydrogen) atoms. The third-order valence-corrected chi connectivity index (χ3v) is 5.98. The lowest BCUT2D eigenvalue weighted by atomic mass is 10.1. The highest BCUT2D eigenvalue weighted by Gasteiger charge is 2.24. The van der Waals surface area contributed by atoms with E-state index in [-0.39, 0.29) is 5.91 Å². The molecule has 1 saturated heterocycles. The Balaban J connectivity index is 1.84. The van der Waals surface area contributed by atoms with Gasteiger partial charge in [0.25, 0.3) is 5.91 Å². The quantitative estimate of drug-likeness (QED) is 0.372. The number of hydrogen-bond acceptors (Lipinski definition) is 4. The molecule has 1 aliphatic heterocycles. The lowest BCUT2D eigenvalue weighted by Crippen LogP contribution is -2.19. The van der Waals surface area contributed by atoms with E-state index >= 15 is 0 Å². The molecule has 144 valence electrons. The van der Waals surface area contributed by atoms with Gasteiger partial charge >= 0.3 is 0 Å². The summed E-state index contributed by atoms with van der Waals surface area (Å²) in [6.45, 7) is 8.12. The average Bonchev–Trinajstić information content (AvgIpc) is 2.96. The van der Waals surface area contributed by atoms with Crippen molar-refractivity contribution < 1.29 is 9.53 Å². The van der Waals surface area contributed by atoms with E-state index in [0.717, 1.165) is 25.8 Å². The molecule has 1 amide bonds. The minimum Gasteiger partial charge on any atom is -0.487 e. The molecule has 0 spiro atoms. The number of halogens is 2. The molecule has 4 nitrogen and oxygen atoms in total. The van der Waals surface area contributed by atoms with Crippen LogP contribution in [0.3, 0.4) is 0 Å². The maximum atomic E-state index is 12.4. The molecular weight excluding hydrogens is 504 g/mol. The molecule has 3 rings (SSSR count). The number of nitrogens with zero attached hydrogens (tertiary/aromatic N) is 1. The van der Waals surface area contributed by atoms with Gasteiger partial charge in [-0.2, -0.15) is 0 Å². The Labute approximate surface area is 185 Å². The van der Waals surface area contributed by atoms with E-state index in [9.17, 15) is 4.79 Å². The van der Waals surface area contributed by atoms with Gasteiger partial charge in [-0.05, 0) is 92.9 Å². The van der Waals surface area contributed by atoms with Crippen molar-refractivity contribution in [2.75, 3.05) is 6.61 Å². The number of rotatable bonds is 5. The number of carbonyl (C=O) groups excluding carboxylic acids is 1. The van der Waals surface area contributed by atoms with Crippen LogP contribution in [0, 0.1) is 13.8 Å². The average molecular weight is 522 g/mol. The fourth-order valence-corrected chi connectivity index (χ4v) is 4.90. The van der Waals surface area contributed by atoms with Gasteiger partial charge in [0.05, 0.1) is 19.5 Å². The topological polar surface area (TPSA) is 50.7 Å². The molecule has 0 bridgehead atoms. The number of hydrogen-bond donors (Lipinski definition) is 1. The van der Waals surface area contributed by atoms with Gasteiger partial charge in [0.2, 0.25) is 0 Å². The zero-order valence-electron chi connectivity index (χ0n) is 15.4. The van der Waals surface area contributed by atoms with Crippen LogP contribution in [0.4, 0.5) is 5.69 Å². The Morgan fingerprint density at radius 2 is 1.93 bits per heavy atom. The van der Waals surface area contributed by atoms with Crippen molar-refractivity contribution in [2.24, 2.45) is 4.99 Å². The highest BCUT2D eigenvalue weighted by molar-refractivity contribution is 9.11. The molecule has 2 aromatic carbocycles. The summed E-state index contributed by atoms with van der Waals surface area (Å²) in [5.41, 5.74) is 3.98. The summed E-state index contributed by atoms with van der Waals surface area (Å²) >= 11 is 8.35. The number of carbonyl (C=O) groups is 1. The molecule has 2 aromatic rings. The van der Waals surface area contributed by atoms with Crippen LogP contribution in [-0.2, 0) is 4.79 Å².